The zero-order valence-corrected chi connectivity index (χ0v) is 21.3. The standard InChI is InChI=1S/C27H27ClN4O2S/c1-30(2)15-16-31(18-20-9-4-3-5-10-20)25(33)19-35-27-29-24-14-7-6-13-23(24)26(34)32(27)22-12-8-11-21(28)17-22/h3-14,17H,15-16,18-19H2,1-2H3. The van der Waals surface area contributed by atoms with Gasteiger partial charge in [0.15, 0.2) is 5.16 Å². The SMILES string of the molecule is CN(C)CCN(Cc1ccccc1)C(=O)CSc1nc2ccccc2c(=O)n1-c1cccc(Cl)c1. The Morgan fingerprint density at radius 1 is 0.971 bits per heavy atom. The molecule has 1 amide bonds. The van der Waals surface area contributed by atoms with Crippen LogP contribution in [0.5, 0.6) is 0 Å². The fourth-order valence-corrected chi connectivity index (χ4v) is 4.79. The summed E-state index contributed by atoms with van der Waals surface area (Å²) in [5.41, 5.74) is 2.09. The second kappa shape index (κ2) is 11.5. The highest BCUT2D eigenvalue weighted by molar-refractivity contribution is 7.99. The molecule has 0 aliphatic heterocycles. The van der Waals surface area contributed by atoms with Gasteiger partial charge in [0.2, 0.25) is 5.91 Å². The molecule has 4 aromatic rings. The molecule has 0 bridgehead atoms. The molecule has 0 atom stereocenters. The molecule has 0 aliphatic rings. The Morgan fingerprint density at radius 3 is 2.46 bits per heavy atom. The third-order valence-corrected chi connectivity index (χ3v) is 6.68. The Morgan fingerprint density at radius 2 is 1.71 bits per heavy atom. The highest BCUT2D eigenvalue weighted by Gasteiger charge is 2.19. The summed E-state index contributed by atoms with van der Waals surface area (Å²) in [6.45, 7) is 1.89. The minimum absolute atomic E-state index is 0.0132. The maximum atomic E-state index is 13.4. The normalized spacial score (nSPS) is 11.2. The first-order valence-electron chi connectivity index (χ1n) is 11.3. The van der Waals surface area contributed by atoms with Gasteiger partial charge in [-0.25, -0.2) is 4.98 Å². The number of thioether (sulfide) groups is 1. The van der Waals surface area contributed by atoms with Crippen LogP contribution in [-0.4, -0.2) is 58.2 Å². The minimum atomic E-state index is -0.193. The van der Waals surface area contributed by atoms with E-state index in [2.05, 4.69) is 4.90 Å². The summed E-state index contributed by atoms with van der Waals surface area (Å²) in [7, 11) is 3.98. The number of hydrogen-bond donors (Lipinski definition) is 0. The lowest BCUT2D eigenvalue weighted by Gasteiger charge is -2.24. The number of aromatic nitrogens is 2. The molecule has 0 radical (unpaired) electrons. The summed E-state index contributed by atoms with van der Waals surface area (Å²) in [4.78, 5) is 35.4. The van der Waals surface area contributed by atoms with Gasteiger partial charge in [0.05, 0.1) is 22.3 Å². The Kier molecular flexibility index (Phi) is 8.23. The number of benzene rings is 3. The van der Waals surface area contributed by atoms with Gasteiger partial charge in [-0.15, -0.1) is 0 Å². The molecule has 180 valence electrons. The molecule has 1 aromatic heterocycles. The van der Waals surface area contributed by atoms with E-state index in [1.54, 1.807) is 24.3 Å². The lowest BCUT2D eigenvalue weighted by atomic mass is 10.2. The van der Waals surface area contributed by atoms with Crippen LogP contribution < -0.4 is 5.56 Å². The highest BCUT2D eigenvalue weighted by Crippen LogP contribution is 2.23. The van der Waals surface area contributed by atoms with E-state index in [0.717, 1.165) is 12.1 Å². The lowest BCUT2D eigenvalue weighted by Crippen LogP contribution is -2.37. The van der Waals surface area contributed by atoms with Crippen molar-refractivity contribution in [3.8, 4) is 5.69 Å². The molecule has 8 heteroatoms. The molecule has 0 aliphatic carbocycles. The van der Waals surface area contributed by atoms with Gasteiger partial charge in [-0.2, -0.15) is 0 Å². The molecule has 1 heterocycles. The third-order valence-electron chi connectivity index (χ3n) is 5.52. The maximum absolute atomic E-state index is 13.4. The molecule has 4 rings (SSSR count). The van der Waals surface area contributed by atoms with Gasteiger partial charge < -0.3 is 9.80 Å². The van der Waals surface area contributed by atoms with Crippen LogP contribution in [0.15, 0.2) is 88.8 Å². The maximum Gasteiger partial charge on any atom is 0.266 e. The number of carbonyl (C=O) groups is 1. The van der Waals surface area contributed by atoms with Crippen molar-refractivity contribution in [2.75, 3.05) is 32.9 Å². The van der Waals surface area contributed by atoms with Crippen molar-refractivity contribution in [1.82, 2.24) is 19.4 Å². The Hall–Kier alpha value is -3.13. The second-order valence-corrected chi connectivity index (χ2v) is 9.80. The summed E-state index contributed by atoms with van der Waals surface area (Å²) >= 11 is 7.48. The van der Waals surface area contributed by atoms with Crippen LogP contribution >= 0.6 is 23.4 Å². The molecule has 6 nitrogen and oxygen atoms in total. The third kappa shape index (κ3) is 6.31. The number of hydrogen-bond acceptors (Lipinski definition) is 5. The first-order valence-corrected chi connectivity index (χ1v) is 12.7. The van der Waals surface area contributed by atoms with E-state index in [0.29, 0.717) is 39.9 Å². The van der Waals surface area contributed by atoms with Gasteiger partial charge in [-0.3, -0.25) is 14.2 Å². The van der Waals surface area contributed by atoms with Crippen molar-refractivity contribution in [2.45, 2.75) is 11.7 Å². The van der Waals surface area contributed by atoms with Gasteiger partial charge in [0.1, 0.15) is 0 Å². The number of fused-ring (bicyclic) bond motifs is 1. The van der Waals surface area contributed by atoms with Crippen LogP contribution in [-0.2, 0) is 11.3 Å². The van der Waals surface area contributed by atoms with Crippen LogP contribution in [0.2, 0.25) is 5.02 Å². The predicted molar refractivity (Wildman–Crippen MR) is 143 cm³/mol. The van der Waals surface area contributed by atoms with Crippen LogP contribution in [0, 0.1) is 0 Å². The topological polar surface area (TPSA) is 58.4 Å². The predicted octanol–water partition coefficient (Wildman–Crippen LogP) is 4.72. The molecule has 0 saturated carbocycles. The zero-order chi connectivity index (χ0) is 24.8. The van der Waals surface area contributed by atoms with E-state index in [1.807, 2.05) is 73.6 Å². The van der Waals surface area contributed by atoms with Gasteiger partial charge in [0, 0.05) is 24.7 Å². The Balaban J connectivity index is 1.64. The van der Waals surface area contributed by atoms with Crippen molar-refractivity contribution in [1.29, 1.82) is 0 Å². The number of rotatable bonds is 9. The first-order chi connectivity index (χ1) is 16.9. The zero-order valence-electron chi connectivity index (χ0n) is 19.7. The number of likely N-dealkylation sites (N-methyl/N-ethyl adjacent to an activating group) is 1. The molecule has 35 heavy (non-hydrogen) atoms. The number of para-hydroxylation sites is 1. The van der Waals surface area contributed by atoms with E-state index >= 15 is 0 Å². The van der Waals surface area contributed by atoms with Crippen molar-refractivity contribution in [3.63, 3.8) is 0 Å². The van der Waals surface area contributed by atoms with Crippen molar-refractivity contribution in [2.24, 2.45) is 0 Å². The number of halogens is 1. The molecular formula is C27H27ClN4O2S. The van der Waals surface area contributed by atoms with Gasteiger partial charge in [-0.05, 0) is 50.0 Å². The molecular weight excluding hydrogens is 480 g/mol. The Labute approximate surface area is 214 Å². The van der Waals surface area contributed by atoms with E-state index in [9.17, 15) is 9.59 Å². The molecule has 0 spiro atoms. The van der Waals surface area contributed by atoms with Gasteiger partial charge in [-0.1, -0.05) is 71.9 Å². The Bertz CT molecular complexity index is 1370. The molecule has 0 N–H and O–H groups in total. The summed E-state index contributed by atoms with van der Waals surface area (Å²) in [5.74, 6) is 0.145. The van der Waals surface area contributed by atoms with Crippen LogP contribution in [0.1, 0.15) is 5.56 Å². The van der Waals surface area contributed by atoms with Gasteiger partial charge in [0.25, 0.3) is 5.56 Å². The van der Waals surface area contributed by atoms with Crippen molar-refractivity contribution in [3.05, 3.63) is 99.8 Å². The van der Waals surface area contributed by atoms with E-state index in [4.69, 9.17) is 16.6 Å². The van der Waals surface area contributed by atoms with Crippen LogP contribution in [0.25, 0.3) is 16.6 Å². The second-order valence-electron chi connectivity index (χ2n) is 8.42. The molecule has 0 saturated heterocycles. The number of nitrogens with zero attached hydrogens (tertiary/aromatic N) is 4. The van der Waals surface area contributed by atoms with Crippen molar-refractivity contribution < 1.29 is 4.79 Å². The fraction of sp³-hybridized carbons (Fsp3) is 0.222. The van der Waals surface area contributed by atoms with E-state index in [1.165, 1.54) is 16.3 Å². The van der Waals surface area contributed by atoms with Crippen molar-refractivity contribution >= 4 is 40.2 Å². The largest absolute Gasteiger partial charge is 0.336 e. The summed E-state index contributed by atoms with van der Waals surface area (Å²) in [6, 6.07) is 24.3. The van der Waals surface area contributed by atoms with E-state index < -0.39 is 0 Å². The average molecular weight is 507 g/mol. The highest BCUT2D eigenvalue weighted by atomic mass is 35.5. The first kappa shape index (κ1) is 25.0. The summed E-state index contributed by atoms with van der Waals surface area (Å²) in [6.07, 6.45) is 0. The number of amides is 1. The molecule has 0 fully saturated rings. The molecule has 3 aromatic carbocycles. The summed E-state index contributed by atoms with van der Waals surface area (Å²) < 4.78 is 1.54. The van der Waals surface area contributed by atoms with Crippen LogP contribution in [0.3, 0.4) is 0 Å². The fourth-order valence-electron chi connectivity index (χ4n) is 3.69. The minimum Gasteiger partial charge on any atom is -0.336 e. The monoisotopic (exact) mass is 506 g/mol. The molecule has 0 unspecified atom stereocenters. The van der Waals surface area contributed by atoms with Gasteiger partial charge >= 0.3 is 0 Å². The summed E-state index contributed by atoms with van der Waals surface area (Å²) in [5, 5.41) is 1.49. The lowest BCUT2D eigenvalue weighted by molar-refractivity contribution is -0.129. The average Bonchev–Trinajstić information content (AvgIpc) is 2.85. The smallest absolute Gasteiger partial charge is 0.266 e. The quantitative estimate of drug-likeness (QED) is 0.243. The number of carbonyl (C=O) groups excluding carboxylic acids is 1. The van der Waals surface area contributed by atoms with E-state index in [-0.39, 0.29) is 17.2 Å². The van der Waals surface area contributed by atoms with Crippen LogP contribution in [0.4, 0.5) is 0 Å².